The summed E-state index contributed by atoms with van der Waals surface area (Å²) in [6.45, 7) is 6.84. The topological polar surface area (TPSA) is 59.2 Å². The molecule has 1 amide bonds. The van der Waals surface area contributed by atoms with E-state index in [1.807, 2.05) is 43.6 Å². The number of amides is 1. The van der Waals surface area contributed by atoms with Crippen molar-refractivity contribution < 1.29 is 4.79 Å². The van der Waals surface area contributed by atoms with E-state index in [1.54, 1.807) is 16.2 Å². The van der Waals surface area contributed by atoms with Gasteiger partial charge in [0, 0.05) is 41.8 Å². The quantitative estimate of drug-likeness (QED) is 0.776. The number of hydrogen-bond acceptors (Lipinski definition) is 4. The van der Waals surface area contributed by atoms with E-state index in [9.17, 15) is 4.79 Å². The monoisotopic (exact) mass is 403 g/mol. The minimum Gasteiger partial charge on any atom is -0.342 e. The van der Waals surface area contributed by atoms with Gasteiger partial charge >= 0.3 is 0 Å². The standard InChI is InChI=1S/C18H25N3OS.2ClH/c1-12(2)16(19)8-9-21(4)18(22)15-7-5-6-14(10-15)17-20-13(3)11-23-17;;/h5-7,10-12,16H,8-9,19H2,1-4H3;2*1H. The lowest BCUT2D eigenvalue weighted by Crippen LogP contribution is -2.34. The Morgan fingerprint density at radius 3 is 2.56 bits per heavy atom. The van der Waals surface area contributed by atoms with Crippen molar-refractivity contribution in [1.29, 1.82) is 0 Å². The van der Waals surface area contributed by atoms with Crippen LogP contribution in [0.4, 0.5) is 0 Å². The van der Waals surface area contributed by atoms with Crippen molar-refractivity contribution >= 4 is 42.1 Å². The van der Waals surface area contributed by atoms with Crippen molar-refractivity contribution in [2.24, 2.45) is 11.7 Å². The zero-order valence-electron chi connectivity index (χ0n) is 15.1. The number of halogens is 2. The predicted molar refractivity (Wildman–Crippen MR) is 111 cm³/mol. The number of carbonyl (C=O) groups is 1. The molecule has 2 rings (SSSR count). The number of carbonyl (C=O) groups excluding carboxylic acids is 1. The van der Waals surface area contributed by atoms with Gasteiger partial charge in [-0.3, -0.25) is 4.79 Å². The van der Waals surface area contributed by atoms with Crippen molar-refractivity contribution in [3.63, 3.8) is 0 Å². The van der Waals surface area contributed by atoms with Crippen molar-refractivity contribution in [2.45, 2.75) is 33.2 Å². The molecular weight excluding hydrogens is 377 g/mol. The molecule has 0 saturated heterocycles. The van der Waals surface area contributed by atoms with E-state index in [-0.39, 0.29) is 36.8 Å². The molecule has 0 spiro atoms. The first-order valence-electron chi connectivity index (χ1n) is 7.92. The van der Waals surface area contributed by atoms with Crippen LogP contribution in [0, 0.1) is 12.8 Å². The van der Waals surface area contributed by atoms with E-state index in [4.69, 9.17) is 5.73 Å². The minimum atomic E-state index is 0. The molecule has 1 aromatic heterocycles. The van der Waals surface area contributed by atoms with E-state index < -0.39 is 0 Å². The summed E-state index contributed by atoms with van der Waals surface area (Å²) in [5.41, 5.74) is 8.74. The smallest absolute Gasteiger partial charge is 0.253 e. The fourth-order valence-corrected chi connectivity index (χ4v) is 3.06. The van der Waals surface area contributed by atoms with Crippen molar-refractivity contribution in [3.05, 3.63) is 40.9 Å². The van der Waals surface area contributed by atoms with Crippen LogP contribution < -0.4 is 5.73 Å². The van der Waals surface area contributed by atoms with E-state index in [0.29, 0.717) is 18.0 Å². The molecule has 2 N–H and O–H groups in total. The molecule has 0 aliphatic rings. The summed E-state index contributed by atoms with van der Waals surface area (Å²) < 4.78 is 0. The second-order valence-electron chi connectivity index (χ2n) is 6.30. The van der Waals surface area contributed by atoms with Crippen LogP contribution >= 0.6 is 36.2 Å². The molecule has 140 valence electrons. The van der Waals surface area contributed by atoms with E-state index in [0.717, 1.165) is 22.7 Å². The highest BCUT2D eigenvalue weighted by Crippen LogP contribution is 2.24. The van der Waals surface area contributed by atoms with Crippen LogP contribution in [0.15, 0.2) is 29.6 Å². The van der Waals surface area contributed by atoms with Gasteiger partial charge in [0.2, 0.25) is 0 Å². The molecule has 0 aliphatic carbocycles. The Hall–Kier alpha value is -1.14. The molecule has 1 atom stereocenters. The van der Waals surface area contributed by atoms with Gasteiger partial charge in [-0.15, -0.1) is 36.2 Å². The largest absolute Gasteiger partial charge is 0.342 e. The number of aryl methyl sites for hydroxylation is 1. The maximum absolute atomic E-state index is 12.6. The van der Waals surface area contributed by atoms with Gasteiger partial charge < -0.3 is 10.6 Å². The van der Waals surface area contributed by atoms with E-state index >= 15 is 0 Å². The lowest BCUT2D eigenvalue weighted by Gasteiger charge is -2.21. The van der Waals surface area contributed by atoms with Crippen LogP contribution in [0.2, 0.25) is 0 Å². The lowest BCUT2D eigenvalue weighted by molar-refractivity contribution is 0.0789. The third-order valence-corrected chi connectivity index (χ3v) is 4.99. The Morgan fingerprint density at radius 2 is 2.00 bits per heavy atom. The summed E-state index contributed by atoms with van der Waals surface area (Å²) in [5.74, 6) is 0.450. The van der Waals surface area contributed by atoms with Gasteiger partial charge in [0.15, 0.2) is 0 Å². The molecule has 0 bridgehead atoms. The van der Waals surface area contributed by atoms with Crippen molar-refractivity contribution in [2.75, 3.05) is 13.6 Å². The Kier molecular flexibility index (Phi) is 10.3. The van der Waals surface area contributed by atoms with Gasteiger partial charge in [0.05, 0.1) is 0 Å². The highest BCUT2D eigenvalue weighted by atomic mass is 35.5. The molecular formula is C18H27Cl2N3OS. The van der Waals surface area contributed by atoms with Gasteiger partial charge in [-0.25, -0.2) is 4.98 Å². The average Bonchev–Trinajstić information content (AvgIpc) is 2.98. The molecule has 0 fully saturated rings. The third kappa shape index (κ3) is 6.59. The van der Waals surface area contributed by atoms with Crippen LogP contribution in [0.5, 0.6) is 0 Å². The highest BCUT2D eigenvalue weighted by Gasteiger charge is 2.15. The predicted octanol–water partition coefficient (Wildman–Crippen LogP) is 4.41. The number of nitrogens with two attached hydrogens (primary N) is 1. The fraction of sp³-hybridized carbons (Fsp3) is 0.444. The molecule has 0 saturated carbocycles. The minimum absolute atomic E-state index is 0. The molecule has 7 heteroatoms. The molecule has 0 aliphatic heterocycles. The van der Waals surface area contributed by atoms with Crippen molar-refractivity contribution in [3.8, 4) is 10.6 Å². The second kappa shape index (κ2) is 10.8. The number of thiazole rings is 1. The summed E-state index contributed by atoms with van der Waals surface area (Å²) in [4.78, 5) is 18.8. The van der Waals surface area contributed by atoms with Crippen LogP contribution in [0.3, 0.4) is 0 Å². The lowest BCUT2D eigenvalue weighted by atomic mass is 10.0. The van der Waals surface area contributed by atoms with Gasteiger partial charge in [0.1, 0.15) is 5.01 Å². The average molecular weight is 404 g/mol. The number of aromatic nitrogens is 1. The molecule has 1 heterocycles. The number of rotatable bonds is 6. The normalized spacial score (nSPS) is 11.4. The molecule has 25 heavy (non-hydrogen) atoms. The first-order valence-corrected chi connectivity index (χ1v) is 8.80. The summed E-state index contributed by atoms with van der Waals surface area (Å²) in [6.07, 6.45) is 0.811. The number of nitrogens with zero attached hydrogens (tertiary/aromatic N) is 2. The first kappa shape index (κ1) is 23.9. The summed E-state index contributed by atoms with van der Waals surface area (Å²) in [6, 6.07) is 7.79. The van der Waals surface area contributed by atoms with E-state index in [1.165, 1.54) is 0 Å². The number of hydrogen-bond donors (Lipinski definition) is 1. The molecule has 0 radical (unpaired) electrons. The Labute approximate surface area is 166 Å². The Bertz CT molecular complexity index is 676. The van der Waals surface area contributed by atoms with Gasteiger partial charge in [0.25, 0.3) is 5.91 Å². The fourth-order valence-electron chi connectivity index (χ4n) is 2.27. The first-order chi connectivity index (χ1) is 10.9. The zero-order chi connectivity index (χ0) is 17.0. The molecule has 1 aromatic carbocycles. The number of benzene rings is 1. The van der Waals surface area contributed by atoms with Gasteiger partial charge in [-0.1, -0.05) is 26.0 Å². The maximum Gasteiger partial charge on any atom is 0.253 e. The summed E-state index contributed by atoms with van der Waals surface area (Å²) in [7, 11) is 1.83. The van der Waals surface area contributed by atoms with Crippen LogP contribution in [-0.2, 0) is 0 Å². The Balaban J connectivity index is 0.00000288. The highest BCUT2D eigenvalue weighted by molar-refractivity contribution is 7.13. The molecule has 4 nitrogen and oxygen atoms in total. The van der Waals surface area contributed by atoms with Crippen LogP contribution in [-0.4, -0.2) is 35.4 Å². The molecule has 2 aromatic rings. The summed E-state index contributed by atoms with van der Waals surface area (Å²) in [5, 5.41) is 2.96. The molecule has 1 unspecified atom stereocenters. The second-order valence-corrected chi connectivity index (χ2v) is 7.16. The van der Waals surface area contributed by atoms with Crippen LogP contribution in [0.25, 0.3) is 10.6 Å². The van der Waals surface area contributed by atoms with Gasteiger partial charge in [-0.05, 0) is 31.4 Å². The van der Waals surface area contributed by atoms with Crippen molar-refractivity contribution in [1.82, 2.24) is 9.88 Å². The van der Waals surface area contributed by atoms with Gasteiger partial charge in [-0.2, -0.15) is 0 Å². The zero-order valence-corrected chi connectivity index (χ0v) is 17.5. The SMILES string of the molecule is Cc1csc(-c2cccc(C(=O)N(C)CCC(N)C(C)C)c2)n1.Cl.Cl. The summed E-state index contributed by atoms with van der Waals surface area (Å²) >= 11 is 1.60. The maximum atomic E-state index is 12.6. The van der Waals surface area contributed by atoms with Crippen LogP contribution in [0.1, 0.15) is 36.3 Å². The third-order valence-electron chi connectivity index (χ3n) is 3.98. The Morgan fingerprint density at radius 1 is 1.32 bits per heavy atom. The van der Waals surface area contributed by atoms with E-state index in [2.05, 4.69) is 18.8 Å².